The number of carbonyl (C=O) groups is 1. The first-order chi connectivity index (χ1) is 9.59. The van der Waals surface area contributed by atoms with Crippen LogP contribution in [0.5, 0.6) is 0 Å². The molecule has 100 valence electrons. The van der Waals surface area contributed by atoms with E-state index in [9.17, 15) is 9.90 Å². The van der Waals surface area contributed by atoms with Crippen LogP contribution in [0, 0.1) is 0 Å². The molecule has 0 saturated carbocycles. The van der Waals surface area contributed by atoms with E-state index in [0.29, 0.717) is 22.4 Å². The molecule has 0 radical (unpaired) electrons. The van der Waals surface area contributed by atoms with Gasteiger partial charge in [0.05, 0.1) is 5.57 Å². The standard InChI is InChI=1S/C16H14N2O2/c1-18(2)11-7-5-10(6-8-11)13-15(19)12-4-3-9-17-14(12)16(13)20/h3-9,19H,1-2H3. The number of hydrogen-bond acceptors (Lipinski definition) is 4. The van der Waals surface area contributed by atoms with Gasteiger partial charge in [-0.25, -0.2) is 0 Å². The molecular weight excluding hydrogens is 252 g/mol. The fourth-order valence-corrected chi connectivity index (χ4v) is 2.33. The molecule has 0 aliphatic heterocycles. The molecule has 1 heterocycles. The Bertz CT molecular complexity index is 716. The second-order valence-corrected chi connectivity index (χ2v) is 4.89. The number of fused-ring (bicyclic) bond motifs is 1. The van der Waals surface area contributed by atoms with Crippen molar-refractivity contribution < 1.29 is 9.90 Å². The highest BCUT2D eigenvalue weighted by molar-refractivity contribution is 6.38. The normalized spacial score (nSPS) is 13.6. The molecule has 0 unspecified atom stereocenters. The molecule has 0 bridgehead atoms. The summed E-state index contributed by atoms with van der Waals surface area (Å²) in [5.41, 5.74) is 2.89. The van der Waals surface area contributed by atoms with Crippen molar-refractivity contribution in [2.45, 2.75) is 0 Å². The van der Waals surface area contributed by atoms with Crippen LogP contribution < -0.4 is 4.90 Å². The number of allylic oxidation sites excluding steroid dienone is 1. The summed E-state index contributed by atoms with van der Waals surface area (Å²) in [6, 6.07) is 10.9. The SMILES string of the molecule is CN(C)c1ccc(C2=C(O)c3cccnc3C2=O)cc1. The van der Waals surface area contributed by atoms with Crippen molar-refractivity contribution in [3.63, 3.8) is 0 Å². The monoisotopic (exact) mass is 266 g/mol. The Morgan fingerprint density at radius 3 is 2.40 bits per heavy atom. The summed E-state index contributed by atoms with van der Waals surface area (Å²) in [6.45, 7) is 0. The topological polar surface area (TPSA) is 53.4 Å². The summed E-state index contributed by atoms with van der Waals surface area (Å²) in [4.78, 5) is 18.4. The van der Waals surface area contributed by atoms with E-state index in [1.165, 1.54) is 0 Å². The minimum absolute atomic E-state index is 0.00991. The molecule has 20 heavy (non-hydrogen) atoms. The van der Waals surface area contributed by atoms with Crippen LogP contribution in [0.1, 0.15) is 21.6 Å². The van der Waals surface area contributed by atoms with E-state index in [1.54, 1.807) is 18.3 Å². The van der Waals surface area contributed by atoms with Gasteiger partial charge in [-0.3, -0.25) is 9.78 Å². The van der Waals surface area contributed by atoms with Crippen molar-refractivity contribution in [2.75, 3.05) is 19.0 Å². The Morgan fingerprint density at radius 1 is 1.10 bits per heavy atom. The first-order valence-electron chi connectivity index (χ1n) is 6.30. The van der Waals surface area contributed by atoms with Crippen LogP contribution >= 0.6 is 0 Å². The largest absolute Gasteiger partial charge is 0.506 e. The van der Waals surface area contributed by atoms with Gasteiger partial charge in [-0.2, -0.15) is 0 Å². The number of ketones is 1. The average molecular weight is 266 g/mol. The van der Waals surface area contributed by atoms with Gasteiger partial charge in [0.2, 0.25) is 5.78 Å². The van der Waals surface area contributed by atoms with E-state index < -0.39 is 0 Å². The van der Waals surface area contributed by atoms with Crippen molar-refractivity contribution in [3.8, 4) is 0 Å². The Labute approximate surface area is 117 Å². The quantitative estimate of drug-likeness (QED) is 0.908. The maximum absolute atomic E-state index is 12.3. The Morgan fingerprint density at radius 2 is 1.80 bits per heavy atom. The van der Waals surface area contributed by atoms with E-state index in [4.69, 9.17) is 0 Å². The van der Waals surface area contributed by atoms with Crippen molar-refractivity contribution in [1.82, 2.24) is 4.98 Å². The van der Waals surface area contributed by atoms with E-state index in [1.807, 2.05) is 43.3 Å². The molecule has 1 aromatic carbocycles. The molecule has 0 fully saturated rings. The lowest BCUT2D eigenvalue weighted by atomic mass is 10.0. The molecule has 1 aromatic heterocycles. The molecule has 4 heteroatoms. The van der Waals surface area contributed by atoms with Gasteiger partial charge in [0.25, 0.3) is 0 Å². The van der Waals surface area contributed by atoms with Gasteiger partial charge in [-0.15, -0.1) is 0 Å². The van der Waals surface area contributed by atoms with Crippen LogP contribution in [0.2, 0.25) is 0 Å². The number of rotatable bonds is 2. The van der Waals surface area contributed by atoms with Gasteiger partial charge in [-0.1, -0.05) is 12.1 Å². The average Bonchev–Trinajstić information content (AvgIpc) is 2.72. The van der Waals surface area contributed by atoms with Crippen LogP contribution in [-0.4, -0.2) is 30.0 Å². The minimum atomic E-state index is -0.226. The fraction of sp³-hybridized carbons (Fsp3) is 0.125. The highest BCUT2D eigenvalue weighted by Gasteiger charge is 2.31. The Kier molecular flexibility index (Phi) is 2.79. The number of carbonyl (C=O) groups excluding carboxylic acids is 1. The smallest absolute Gasteiger partial charge is 0.216 e. The summed E-state index contributed by atoms with van der Waals surface area (Å²) in [7, 11) is 3.90. The Hall–Kier alpha value is -2.62. The number of pyridine rings is 1. The van der Waals surface area contributed by atoms with Gasteiger partial charge in [0.15, 0.2) is 0 Å². The number of nitrogens with zero attached hydrogens (tertiary/aromatic N) is 2. The highest BCUT2D eigenvalue weighted by atomic mass is 16.3. The number of benzene rings is 1. The maximum atomic E-state index is 12.3. The summed E-state index contributed by atoms with van der Waals surface area (Å²) in [5.74, 6) is -0.216. The fourth-order valence-electron chi connectivity index (χ4n) is 2.33. The van der Waals surface area contributed by atoms with Gasteiger partial charge in [0, 0.05) is 31.5 Å². The third-order valence-electron chi connectivity index (χ3n) is 3.41. The maximum Gasteiger partial charge on any atom is 0.216 e. The predicted molar refractivity (Wildman–Crippen MR) is 78.8 cm³/mol. The zero-order chi connectivity index (χ0) is 14.3. The zero-order valence-electron chi connectivity index (χ0n) is 11.3. The third-order valence-corrected chi connectivity index (χ3v) is 3.41. The molecule has 0 atom stereocenters. The van der Waals surface area contributed by atoms with E-state index >= 15 is 0 Å². The van der Waals surface area contributed by atoms with E-state index in [0.717, 1.165) is 5.69 Å². The number of anilines is 1. The minimum Gasteiger partial charge on any atom is -0.506 e. The molecule has 0 amide bonds. The van der Waals surface area contributed by atoms with Gasteiger partial charge < -0.3 is 10.0 Å². The molecule has 4 nitrogen and oxygen atoms in total. The number of aromatic nitrogens is 1. The van der Waals surface area contributed by atoms with Crippen LogP contribution in [0.3, 0.4) is 0 Å². The van der Waals surface area contributed by atoms with Crippen molar-refractivity contribution in [3.05, 3.63) is 59.4 Å². The van der Waals surface area contributed by atoms with Crippen LogP contribution in [0.15, 0.2) is 42.6 Å². The van der Waals surface area contributed by atoms with Gasteiger partial charge in [-0.05, 0) is 29.8 Å². The number of Topliss-reactive ketones (excluding diaryl/α,β-unsaturated/α-hetero) is 1. The first-order valence-corrected chi connectivity index (χ1v) is 6.30. The predicted octanol–water partition coefficient (Wildman–Crippen LogP) is 2.77. The molecule has 0 spiro atoms. The summed E-state index contributed by atoms with van der Waals surface area (Å²) in [6.07, 6.45) is 1.56. The lowest BCUT2D eigenvalue weighted by Crippen LogP contribution is -2.08. The summed E-state index contributed by atoms with van der Waals surface area (Å²) < 4.78 is 0. The highest BCUT2D eigenvalue weighted by Crippen LogP contribution is 2.35. The second-order valence-electron chi connectivity index (χ2n) is 4.89. The molecule has 1 aliphatic rings. The van der Waals surface area contributed by atoms with Gasteiger partial charge >= 0.3 is 0 Å². The number of hydrogen-bond donors (Lipinski definition) is 1. The van der Waals surface area contributed by atoms with Crippen LogP contribution in [-0.2, 0) is 0 Å². The van der Waals surface area contributed by atoms with Crippen molar-refractivity contribution >= 4 is 22.8 Å². The van der Waals surface area contributed by atoms with Crippen molar-refractivity contribution in [1.29, 1.82) is 0 Å². The zero-order valence-corrected chi connectivity index (χ0v) is 11.3. The summed E-state index contributed by atoms with van der Waals surface area (Å²) >= 11 is 0. The molecule has 2 aromatic rings. The third kappa shape index (κ3) is 1.77. The molecule has 3 rings (SSSR count). The van der Waals surface area contributed by atoms with E-state index in [-0.39, 0.29) is 11.5 Å². The molecular formula is C16H14N2O2. The lowest BCUT2D eigenvalue weighted by Gasteiger charge is -2.12. The molecule has 1 N–H and O–H groups in total. The summed E-state index contributed by atoms with van der Waals surface area (Å²) in [5, 5.41) is 10.3. The van der Waals surface area contributed by atoms with Crippen LogP contribution in [0.4, 0.5) is 5.69 Å². The first kappa shape index (κ1) is 12.4. The Balaban J connectivity index is 2.08. The van der Waals surface area contributed by atoms with E-state index in [2.05, 4.69) is 4.98 Å². The molecule has 1 aliphatic carbocycles. The van der Waals surface area contributed by atoms with Crippen LogP contribution in [0.25, 0.3) is 11.3 Å². The second kappa shape index (κ2) is 4.49. The number of aliphatic hydroxyl groups excluding tert-OH is 1. The van der Waals surface area contributed by atoms with Crippen molar-refractivity contribution in [2.24, 2.45) is 0 Å². The lowest BCUT2D eigenvalue weighted by molar-refractivity contribution is 0.105. The molecule has 0 saturated heterocycles. The van der Waals surface area contributed by atoms with Gasteiger partial charge in [0.1, 0.15) is 11.5 Å². The number of aliphatic hydroxyl groups is 1.